The zero-order chi connectivity index (χ0) is 12.1. The summed E-state index contributed by atoms with van der Waals surface area (Å²) in [7, 11) is 0. The summed E-state index contributed by atoms with van der Waals surface area (Å²) < 4.78 is 0. The number of hydrogen-bond donors (Lipinski definition) is 2. The SMILES string of the molecule is C=C[C@H](N)c1ccc(N(CC)CC)cc1O.Cl. The predicted octanol–water partition coefficient (Wildman–Crippen LogP) is 2.85. The fraction of sp³-hybridized carbons (Fsp3) is 0.385. The van der Waals surface area contributed by atoms with Crippen molar-refractivity contribution in [2.24, 2.45) is 5.73 Å². The van der Waals surface area contributed by atoms with Crippen LogP contribution in [0.2, 0.25) is 0 Å². The van der Waals surface area contributed by atoms with Crippen molar-refractivity contribution in [2.75, 3.05) is 18.0 Å². The summed E-state index contributed by atoms with van der Waals surface area (Å²) in [5.74, 6) is 0.233. The third-order valence-corrected chi connectivity index (χ3v) is 2.76. The van der Waals surface area contributed by atoms with Gasteiger partial charge < -0.3 is 15.7 Å². The molecule has 1 aromatic carbocycles. The molecule has 1 rings (SSSR count). The van der Waals surface area contributed by atoms with E-state index in [4.69, 9.17) is 5.73 Å². The molecule has 0 radical (unpaired) electrons. The van der Waals surface area contributed by atoms with E-state index in [9.17, 15) is 5.11 Å². The minimum Gasteiger partial charge on any atom is -0.508 e. The van der Waals surface area contributed by atoms with Gasteiger partial charge in [0.05, 0.1) is 6.04 Å². The van der Waals surface area contributed by atoms with Gasteiger partial charge in [-0.25, -0.2) is 0 Å². The molecule has 96 valence electrons. The summed E-state index contributed by atoms with van der Waals surface area (Å²) in [4.78, 5) is 2.17. The molecule has 0 aliphatic rings. The number of rotatable bonds is 5. The van der Waals surface area contributed by atoms with Gasteiger partial charge in [-0.1, -0.05) is 12.1 Å². The summed E-state index contributed by atoms with van der Waals surface area (Å²) in [6, 6.07) is 5.28. The van der Waals surface area contributed by atoms with E-state index in [-0.39, 0.29) is 24.2 Å². The molecule has 0 aromatic heterocycles. The molecule has 0 unspecified atom stereocenters. The van der Waals surface area contributed by atoms with Crippen LogP contribution in [0.3, 0.4) is 0 Å². The van der Waals surface area contributed by atoms with Crippen LogP contribution in [0.25, 0.3) is 0 Å². The molecule has 0 aliphatic carbocycles. The molecule has 3 N–H and O–H groups in total. The van der Waals surface area contributed by atoms with Gasteiger partial charge in [-0.15, -0.1) is 19.0 Å². The maximum absolute atomic E-state index is 9.88. The summed E-state index contributed by atoms with van der Waals surface area (Å²) >= 11 is 0. The zero-order valence-electron chi connectivity index (χ0n) is 10.4. The third-order valence-electron chi connectivity index (χ3n) is 2.76. The average molecular weight is 257 g/mol. The van der Waals surface area contributed by atoms with E-state index in [1.54, 1.807) is 12.1 Å². The first-order valence-electron chi connectivity index (χ1n) is 5.60. The summed E-state index contributed by atoms with van der Waals surface area (Å²) in [5, 5.41) is 9.88. The highest BCUT2D eigenvalue weighted by Gasteiger charge is 2.10. The Morgan fingerprint density at radius 2 is 2.00 bits per heavy atom. The fourth-order valence-corrected chi connectivity index (χ4v) is 1.73. The summed E-state index contributed by atoms with van der Waals surface area (Å²) in [6.07, 6.45) is 1.62. The molecule has 0 bridgehead atoms. The normalized spacial score (nSPS) is 11.5. The lowest BCUT2D eigenvalue weighted by Gasteiger charge is -2.22. The number of anilines is 1. The predicted molar refractivity (Wildman–Crippen MR) is 76.0 cm³/mol. The first-order valence-corrected chi connectivity index (χ1v) is 5.60. The Labute approximate surface area is 109 Å². The Hall–Kier alpha value is -1.19. The van der Waals surface area contributed by atoms with E-state index in [0.717, 1.165) is 18.8 Å². The van der Waals surface area contributed by atoms with E-state index >= 15 is 0 Å². The highest BCUT2D eigenvalue weighted by molar-refractivity contribution is 5.85. The highest BCUT2D eigenvalue weighted by atomic mass is 35.5. The second-order valence-corrected chi connectivity index (χ2v) is 3.68. The fourth-order valence-electron chi connectivity index (χ4n) is 1.73. The van der Waals surface area contributed by atoms with Crippen LogP contribution in [-0.4, -0.2) is 18.2 Å². The average Bonchev–Trinajstić information content (AvgIpc) is 2.30. The maximum Gasteiger partial charge on any atom is 0.122 e. The van der Waals surface area contributed by atoms with Crippen LogP contribution in [0.15, 0.2) is 30.9 Å². The minimum absolute atomic E-state index is 0. The van der Waals surface area contributed by atoms with Crippen LogP contribution in [0.4, 0.5) is 5.69 Å². The van der Waals surface area contributed by atoms with Crippen molar-refractivity contribution in [3.8, 4) is 5.75 Å². The quantitative estimate of drug-likeness (QED) is 0.797. The van der Waals surface area contributed by atoms with Gasteiger partial charge in [0, 0.05) is 30.4 Å². The first kappa shape index (κ1) is 15.8. The molecule has 1 aromatic rings. The second-order valence-electron chi connectivity index (χ2n) is 3.68. The van der Waals surface area contributed by atoms with Crippen LogP contribution >= 0.6 is 12.4 Å². The van der Waals surface area contributed by atoms with Crippen LogP contribution in [0.1, 0.15) is 25.5 Å². The molecule has 0 aliphatic heterocycles. The lowest BCUT2D eigenvalue weighted by atomic mass is 10.1. The van der Waals surface area contributed by atoms with E-state index in [2.05, 4.69) is 25.3 Å². The number of nitrogens with two attached hydrogens (primary N) is 1. The number of nitrogens with zero attached hydrogens (tertiary/aromatic N) is 1. The Morgan fingerprint density at radius 3 is 2.41 bits per heavy atom. The molecule has 0 heterocycles. The monoisotopic (exact) mass is 256 g/mol. The van der Waals surface area contributed by atoms with Gasteiger partial charge in [0.15, 0.2) is 0 Å². The largest absolute Gasteiger partial charge is 0.508 e. The number of benzene rings is 1. The molecule has 17 heavy (non-hydrogen) atoms. The van der Waals surface area contributed by atoms with Gasteiger partial charge in [-0.2, -0.15) is 0 Å². The van der Waals surface area contributed by atoms with Crippen molar-refractivity contribution in [1.29, 1.82) is 0 Å². The van der Waals surface area contributed by atoms with Crippen LogP contribution in [0.5, 0.6) is 5.75 Å². The third kappa shape index (κ3) is 3.65. The number of halogens is 1. The number of aromatic hydroxyl groups is 1. The van der Waals surface area contributed by atoms with Crippen molar-refractivity contribution in [3.63, 3.8) is 0 Å². The second kappa shape index (κ2) is 7.20. The Balaban J connectivity index is 0.00000256. The van der Waals surface area contributed by atoms with Crippen molar-refractivity contribution >= 4 is 18.1 Å². The molecule has 0 saturated carbocycles. The zero-order valence-corrected chi connectivity index (χ0v) is 11.2. The molecule has 0 saturated heterocycles. The van der Waals surface area contributed by atoms with E-state index in [0.29, 0.717) is 5.56 Å². The van der Waals surface area contributed by atoms with Crippen molar-refractivity contribution < 1.29 is 5.11 Å². The van der Waals surface area contributed by atoms with Crippen LogP contribution in [-0.2, 0) is 0 Å². The van der Waals surface area contributed by atoms with E-state index in [1.165, 1.54) is 0 Å². The Kier molecular flexibility index (Phi) is 6.69. The lowest BCUT2D eigenvalue weighted by molar-refractivity contribution is 0.466. The molecule has 4 heteroatoms. The first-order chi connectivity index (χ1) is 7.63. The molecule has 3 nitrogen and oxygen atoms in total. The van der Waals surface area contributed by atoms with Gasteiger partial charge in [-0.3, -0.25) is 0 Å². The van der Waals surface area contributed by atoms with E-state index in [1.807, 2.05) is 12.1 Å². The molecule has 0 amide bonds. The molecule has 1 atom stereocenters. The van der Waals surface area contributed by atoms with Crippen LogP contribution < -0.4 is 10.6 Å². The number of phenols is 1. The van der Waals surface area contributed by atoms with Crippen molar-refractivity contribution in [1.82, 2.24) is 0 Å². The standard InChI is InChI=1S/C13H20N2O.ClH/c1-4-12(14)11-8-7-10(9-13(11)16)15(5-2)6-3;/h4,7-9,12,16H,1,5-6,14H2,2-3H3;1H/t12-;/m0./s1. The van der Waals surface area contributed by atoms with Gasteiger partial charge >= 0.3 is 0 Å². The number of phenolic OH excluding ortho intramolecular Hbond substituents is 1. The van der Waals surface area contributed by atoms with Gasteiger partial charge in [-0.05, 0) is 19.9 Å². The van der Waals surface area contributed by atoms with E-state index < -0.39 is 0 Å². The highest BCUT2D eigenvalue weighted by Crippen LogP contribution is 2.28. The Morgan fingerprint density at radius 1 is 1.41 bits per heavy atom. The van der Waals surface area contributed by atoms with Gasteiger partial charge in [0.25, 0.3) is 0 Å². The lowest BCUT2D eigenvalue weighted by Crippen LogP contribution is -2.21. The minimum atomic E-state index is -0.314. The van der Waals surface area contributed by atoms with Crippen molar-refractivity contribution in [3.05, 3.63) is 36.4 Å². The van der Waals surface area contributed by atoms with Gasteiger partial charge in [0.1, 0.15) is 5.75 Å². The number of hydrogen-bond acceptors (Lipinski definition) is 3. The van der Waals surface area contributed by atoms with Crippen molar-refractivity contribution in [2.45, 2.75) is 19.9 Å². The molecular formula is C13H21ClN2O. The summed E-state index contributed by atoms with van der Waals surface area (Å²) in [6.45, 7) is 9.63. The molecule has 0 spiro atoms. The molecule has 0 fully saturated rings. The molecular weight excluding hydrogens is 236 g/mol. The maximum atomic E-state index is 9.88. The van der Waals surface area contributed by atoms with Gasteiger partial charge in [0.2, 0.25) is 0 Å². The smallest absolute Gasteiger partial charge is 0.122 e. The Bertz CT molecular complexity index is 364. The van der Waals surface area contributed by atoms with Crippen LogP contribution in [0, 0.1) is 0 Å². The topological polar surface area (TPSA) is 49.5 Å². The summed E-state index contributed by atoms with van der Waals surface area (Å²) in [5.41, 5.74) is 7.52.